The number of hydrogen-bond donors (Lipinski definition) is 3. The summed E-state index contributed by atoms with van der Waals surface area (Å²) in [4.78, 5) is 16.2. The zero-order valence-electron chi connectivity index (χ0n) is 17.5. The molecular formula is C22H30N4O3. The topological polar surface area (TPSA) is 84.0 Å². The van der Waals surface area contributed by atoms with Gasteiger partial charge < -0.3 is 25.4 Å². The van der Waals surface area contributed by atoms with Gasteiger partial charge in [0.1, 0.15) is 6.10 Å². The van der Waals surface area contributed by atoms with Gasteiger partial charge in [0, 0.05) is 25.7 Å². The van der Waals surface area contributed by atoms with Gasteiger partial charge in [0.15, 0.2) is 17.5 Å². The summed E-state index contributed by atoms with van der Waals surface area (Å²) in [6.45, 7) is 5.60. The molecule has 0 heterocycles. The van der Waals surface area contributed by atoms with Crippen LogP contribution >= 0.6 is 0 Å². The quantitative estimate of drug-likeness (QED) is 0.447. The van der Waals surface area contributed by atoms with E-state index < -0.39 is 0 Å². The Hall–Kier alpha value is -3.22. The molecule has 0 fully saturated rings. The predicted octanol–water partition coefficient (Wildman–Crippen LogP) is 2.58. The number of carbonyl (C=O) groups is 1. The lowest BCUT2D eigenvalue weighted by molar-refractivity contribution is 0.0955. The van der Waals surface area contributed by atoms with Crippen LogP contribution in [0.5, 0.6) is 11.5 Å². The van der Waals surface area contributed by atoms with Gasteiger partial charge in [0.25, 0.3) is 5.91 Å². The maximum atomic E-state index is 12.0. The van der Waals surface area contributed by atoms with Gasteiger partial charge in [0.2, 0.25) is 0 Å². The van der Waals surface area contributed by atoms with Crippen molar-refractivity contribution in [1.29, 1.82) is 0 Å². The van der Waals surface area contributed by atoms with E-state index in [-0.39, 0.29) is 12.0 Å². The molecule has 0 bridgehead atoms. The number of nitrogens with one attached hydrogen (secondary N) is 3. The minimum absolute atomic E-state index is 0.0702. The molecule has 0 radical (unpaired) electrons. The first-order chi connectivity index (χ1) is 14.1. The minimum atomic E-state index is -0.0917. The number of ether oxygens (including phenoxy) is 2. The highest BCUT2D eigenvalue weighted by Gasteiger charge is 2.10. The fraction of sp³-hybridized carbons (Fsp3) is 0.364. The molecule has 2 aromatic carbocycles. The number of nitrogens with zero attached hydrogens (tertiary/aromatic N) is 1. The van der Waals surface area contributed by atoms with Crippen LogP contribution in [0, 0.1) is 0 Å². The molecule has 0 aliphatic carbocycles. The highest BCUT2D eigenvalue weighted by molar-refractivity contribution is 5.94. The number of hydrogen-bond acceptors (Lipinski definition) is 4. The summed E-state index contributed by atoms with van der Waals surface area (Å²) >= 11 is 0. The molecule has 0 aliphatic rings. The molecule has 1 amide bonds. The molecule has 7 nitrogen and oxygen atoms in total. The van der Waals surface area contributed by atoms with Gasteiger partial charge in [-0.1, -0.05) is 24.3 Å². The molecule has 0 saturated carbocycles. The summed E-state index contributed by atoms with van der Waals surface area (Å²) in [5.41, 5.74) is 1.64. The molecule has 1 unspecified atom stereocenters. The third kappa shape index (κ3) is 7.03. The fourth-order valence-corrected chi connectivity index (χ4v) is 2.71. The molecule has 1 atom stereocenters. The van der Waals surface area contributed by atoms with Crippen molar-refractivity contribution in [2.45, 2.75) is 26.5 Å². The van der Waals surface area contributed by atoms with Gasteiger partial charge in [0.05, 0.1) is 13.7 Å². The molecule has 3 N–H and O–H groups in total. The first kappa shape index (κ1) is 22.1. The van der Waals surface area contributed by atoms with Crippen molar-refractivity contribution >= 4 is 11.9 Å². The summed E-state index contributed by atoms with van der Waals surface area (Å²) in [6, 6.07) is 15.1. The summed E-state index contributed by atoms with van der Waals surface area (Å²) in [5.74, 6) is 1.99. The summed E-state index contributed by atoms with van der Waals surface area (Å²) in [7, 11) is 3.34. The number of guanidine groups is 1. The Labute approximate surface area is 172 Å². The van der Waals surface area contributed by atoms with Crippen molar-refractivity contribution < 1.29 is 14.3 Å². The average Bonchev–Trinajstić information content (AvgIpc) is 2.74. The lowest BCUT2D eigenvalue weighted by Gasteiger charge is -2.19. The van der Waals surface area contributed by atoms with E-state index in [9.17, 15) is 4.79 Å². The Morgan fingerprint density at radius 1 is 1.07 bits per heavy atom. The molecule has 0 aromatic heterocycles. The largest absolute Gasteiger partial charge is 0.493 e. The van der Waals surface area contributed by atoms with Gasteiger partial charge in [-0.3, -0.25) is 9.79 Å². The van der Waals surface area contributed by atoms with Crippen LogP contribution in [0.4, 0.5) is 0 Å². The van der Waals surface area contributed by atoms with Gasteiger partial charge in [-0.15, -0.1) is 0 Å². The van der Waals surface area contributed by atoms with Crippen molar-refractivity contribution in [2.75, 3.05) is 27.2 Å². The maximum absolute atomic E-state index is 12.0. The molecular weight excluding hydrogens is 368 g/mol. The number of aliphatic imine (C=N–C) groups is 1. The van der Waals surface area contributed by atoms with E-state index in [1.54, 1.807) is 20.2 Å². The Bertz CT molecular complexity index is 823. The van der Waals surface area contributed by atoms with Gasteiger partial charge in [-0.05, 0) is 43.7 Å². The van der Waals surface area contributed by atoms with Crippen molar-refractivity contribution in [2.24, 2.45) is 4.99 Å². The third-order valence-electron chi connectivity index (χ3n) is 4.16. The highest BCUT2D eigenvalue weighted by Crippen LogP contribution is 2.26. The average molecular weight is 399 g/mol. The standard InChI is InChI=1S/C22H30N4O3/c1-5-24-21(27)18-10-8-9-17(13-18)15-26-22(23-3)25-14-16(2)29-20-12-7-6-11-19(20)28-4/h6-13,16H,5,14-15H2,1-4H3,(H,24,27)(H2,23,25,26). The summed E-state index contributed by atoms with van der Waals surface area (Å²) in [6.07, 6.45) is -0.0917. The lowest BCUT2D eigenvalue weighted by Crippen LogP contribution is -2.41. The lowest BCUT2D eigenvalue weighted by atomic mass is 10.1. The number of benzene rings is 2. The highest BCUT2D eigenvalue weighted by atomic mass is 16.5. The second kappa shape index (κ2) is 11.6. The number of methoxy groups -OCH3 is 1. The second-order valence-corrected chi connectivity index (χ2v) is 6.45. The molecule has 0 aliphatic heterocycles. The Balaban J connectivity index is 1.85. The number of carbonyl (C=O) groups excluding carboxylic acids is 1. The zero-order chi connectivity index (χ0) is 21.1. The van der Waals surface area contributed by atoms with Crippen molar-refractivity contribution in [3.8, 4) is 11.5 Å². The van der Waals surface area contributed by atoms with Crippen LogP contribution in [0.15, 0.2) is 53.5 Å². The van der Waals surface area contributed by atoms with Crippen LogP contribution in [-0.4, -0.2) is 45.2 Å². The van der Waals surface area contributed by atoms with Crippen LogP contribution in [0.25, 0.3) is 0 Å². The number of amides is 1. The smallest absolute Gasteiger partial charge is 0.251 e. The summed E-state index contributed by atoms with van der Waals surface area (Å²) < 4.78 is 11.3. The van der Waals surface area contributed by atoms with Crippen LogP contribution < -0.4 is 25.4 Å². The molecule has 2 aromatic rings. The third-order valence-corrected chi connectivity index (χ3v) is 4.16. The zero-order valence-corrected chi connectivity index (χ0v) is 17.5. The predicted molar refractivity (Wildman–Crippen MR) is 116 cm³/mol. The first-order valence-electron chi connectivity index (χ1n) is 9.68. The molecule has 156 valence electrons. The van der Waals surface area contributed by atoms with Crippen molar-refractivity contribution in [3.63, 3.8) is 0 Å². The fourth-order valence-electron chi connectivity index (χ4n) is 2.71. The van der Waals surface area contributed by atoms with Gasteiger partial charge >= 0.3 is 0 Å². The Morgan fingerprint density at radius 3 is 2.52 bits per heavy atom. The van der Waals surface area contributed by atoms with Crippen LogP contribution in [0.3, 0.4) is 0 Å². The number of rotatable bonds is 9. The van der Waals surface area contributed by atoms with E-state index in [0.29, 0.717) is 42.7 Å². The van der Waals surface area contributed by atoms with E-state index in [1.807, 2.05) is 56.3 Å². The maximum Gasteiger partial charge on any atom is 0.251 e. The molecule has 2 rings (SSSR count). The Morgan fingerprint density at radius 2 is 1.83 bits per heavy atom. The van der Waals surface area contributed by atoms with Gasteiger partial charge in [-0.25, -0.2) is 0 Å². The van der Waals surface area contributed by atoms with Crippen molar-refractivity contribution in [3.05, 3.63) is 59.7 Å². The van der Waals surface area contributed by atoms with E-state index in [1.165, 1.54) is 0 Å². The second-order valence-electron chi connectivity index (χ2n) is 6.45. The van der Waals surface area contributed by atoms with E-state index in [0.717, 1.165) is 5.56 Å². The molecule has 29 heavy (non-hydrogen) atoms. The molecule has 0 spiro atoms. The SMILES string of the molecule is CCNC(=O)c1cccc(CNC(=NC)NCC(C)Oc2ccccc2OC)c1. The summed E-state index contributed by atoms with van der Waals surface area (Å²) in [5, 5.41) is 9.31. The normalized spacial score (nSPS) is 12.1. The van der Waals surface area contributed by atoms with Crippen LogP contribution in [-0.2, 0) is 6.54 Å². The first-order valence-corrected chi connectivity index (χ1v) is 9.68. The van der Waals surface area contributed by atoms with E-state index in [4.69, 9.17) is 9.47 Å². The Kier molecular flexibility index (Phi) is 8.82. The molecule has 7 heteroatoms. The van der Waals surface area contributed by atoms with Crippen molar-refractivity contribution in [1.82, 2.24) is 16.0 Å². The minimum Gasteiger partial charge on any atom is -0.493 e. The monoisotopic (exact) mass is 398 g/mol. The van der Waals surface area contributed by atoms with Crippen LogP contribution in [0.1, 0.15) is 29.8 Å². The van der Waals surface area contributed by atoms with Crippen LogP contribution in [0.2, 0.25) is 0 Å². The van der Waals surface area contributed by atoms with E-state index in [2.05, 4.69) is 20.9 Å². The van der Waals surface area contributed by atoms with E-state index >= 15 is 0 Å². The van der Waals surface area contributed by atoms with Gasteiger partial charge in [-0.2, -0.15) is 0 Å². The molecule has 0 saturated heterocycles. The number of para-hydroxylation sites is 2.